The van der Waals surface area contributed by atoms with Crippen LogP contribution in [0.3, 0.4) is 0 Å². The molecule has 0 saturated heterocycles. The molecule has 1 N–H and O–H groups in total. The van der Waals surface area contributed by atoms with E-state index >= 15 is 0 Å². The highest BCUT2D eigenvalue weighted by atomic mass is 32.1. The molecule has 0 bridgehead atoms. The predicted octanol–water partition coefficient (Wildman–Crippen LogP) is 2.40. The third kappa shape index (κ3) is 2.77. The normalized spacial score (nSPS) is 25.2. The Bertz CT molecular complexity index is 366. The molecule has 5 heteroatoms. The van der Waals surface area contributed by atoms with Crippen molar-refractivity contribution in [1.82, 2.24) is 9.36 Å². The van der Waals surface area contributed by atoms with E-state index in [1.54, 1.807) is 0 Å². The lowest BCUT2D eigenvalue weighted by Crippen LogP contribution is -2.43. The SMILES string of the molecule is CC(C)c1nsc(N(C)C2CCCCC2O)n1. The first-order valence-electron chi connectivity index (χ1n) is 6.34. The lowest BCUT2D eigenvalue weighted by atomic mass is 9.92. The van der Waals surface area contributed by atoms with Crippen molar-refractivity contribution in [3.63, 3.8) is 0 Å². The maximum absolute atomic E-state index is 10.0. The van der Waals surface area contributed by atoms with E-state index in [0.29, 0.717) is 5.92 Å². The third-order valence-corrected chi connectivity index (χ3v) is 4.26. The van der Waals surface area contributed by atoms with Gasteiger partial charge in [-0.15, -0.1) is 0 Å². The van der Waals surface area contributed by atoms with Crippen molar-refractivity contribution < 1.29 is 5.11 Å². The Labute approximate surface area is 107 Å². The average Bonchev–Trinajstić information content (AvgIpc) is 2.78. The molecule has 1 fully saturated rings. The van der Waals surface area contributed by atoms with Gasteiger partial charge in [-0.25, -0.2) is 4.98 Å². The Kier molecular flexibility index (Phi) is 3.99. The Morgan fingerprint density at radius 3 is 2.65 bits per heavy atom. The number of likely N-dealkylation sites (N-methyl/N-ethyl adjacent to an activating group) is 1. The van der Waals surface area contributed by atoms with E-state index in [-0.39, 0.29) is 12.1 Å². The van der Waals surface area contributed by atoms with E-state index in [9.17, 15) is 5.11 Å². The second kappa shape index (κ2) is 5.31. The number of aromatic nitrogens is 2. The van der Waals surface area contributed by atoms with Crippen LogP contribution in [0.1, 0.15) is 51.3 Å². The van der Waals surface area contributed by atoms with Crippen LogP contribution < -0.4 is 4.90 Å². The molecule has 4 nitrogen and oxygen atoms in total. The number of hydrogen-bond acceptors (Lipinski definition) is 5. The summed E-state index contributed by atoms with van der Waals surface area (Å²) in [6.45, 7) is 4.20. The van der Waals surface area contributed by atoms with Gasteiger partial charge < -0.3 is 10.0 Å². The number of rotatable bonds is 3. The molecule has 0 radical (unpaired) electrons. The lowest BCUT2D eigenvalue weighted by Gasteiger charge is -2.34. The van der Waals surface area contributed by atoms with Gasteiger partial charge in [-0.3, -0.25) is 0 Å². The van der Waals surface area contributed by atoms with Gasteiger partial charge in [0.15, 0.2) is 0 Å². The van der Waals surface area contributed by atoms with Crippen molar-refractivity contribution >= 4 is 16.7 Å². The summed E-state index contributed by atoms with van der Waals surface area (Å²) in [4.78, 5) is 6.65. The minimum Gasteiger partial charge on any atom is -0.391 e. The third-order valence-electron chi connectivity index (χ3n) is 3.44. The zero-order valence-electron chi connectivity index (χ0n) is 10.8. The quantitative estimate of drug-likeness (QED) is 0.901. The van der Waals surface area contributed by atoms with Crippen LogP contribution >= 0.6 is 11.5 Å². The fourth-order valence-electron chi connectivity index (χ4n) is 2.29. The summed E-state index contributed by atoms with van der Waals surface area (Å²) in [7, 11) is 2.02. The summed E-state index contributed by atoms with van der Waals surface area (Å²) in [5.41, 5.74) is 0. The van der Waals surface area contributed by atoms with Crippen molar-refractivity contribution in [3.8, 4) is 0 Å². The van der Waals surface area contributed by atoms with Crippen molar-refractivity contribution in [3.05, 3.63) is 5.82 Å². The molecule has 96 valence electrons. The zero-order chi connectivity index (χ0) is 12.4. The van der Waals surface area contributed by atoms with Crippen LogP contribution in [0.5, 0.6) is 0 Å². The van der Waals surface area contributed by atoms with Crippen molar-refractivity contribution in [2.24, 2.45) is 0 Å². The molecule has 2 unspecified atom stereocenters. The molecule has 1 aromatic rings. The van der Waals surface area contributed by atoms with Crippen LogP contribution in [-0.2, 0) is 0 Å². The smallest absolute Gasteiger partial charge is 0.205 e. The molecule has 1 aromatic heterocycles. The number of aliphatic hydroxyl groups is 1. The van der Waals surface area contributed by atoms with Crippen LogP contribution in [-0.4, -0.2) is 33.7 Å². The van der Waals surface area contributed by atoms with Crippen LogP contribution in [0.4, 0.5) is 5.13 Å². The van der Waals surface area contributed by atoms with Gasteiger partial charge in [0.2, 0.25) is 5.13 Å². The molecule has 0 aromatic carbocycles. The Hall–Kier alpha value is -0.680. The maximum atomic E-state index is 10.0. The van der Waals surface area contributed by atoms with Gasteiger partial charge in [-0.1, -0.05) is 26.7 Å². The molecule has 1 aliphatic rings. The van der Waals surface area contributed by atoms with Crippen LogP contribution in [0.25, 0.3) is 0 Å². The van der Waals surface area contributed by atoms with Gasteiger partial charge in [0.25, 0.3) is 0 Å². The fourth-order valence-corrected chi connectivity index (χ4v) is 3.11. The molecule has 1 heterocycles. The van der Waals surface area contributed by atoms with Gasteiger partial charge in [0, 0.05) is 24.5 Å². The first-order valence-corrected chi connectivity index (χ1v) is 7.11. The monoisotopic (exact) mass is 255 g/mol. The van der Waals surface area contributed by atoms with Crippen molar-refractivity contribution in [2.45, 2.75) is 57.6 Å². The minimum absolute atomic E-state index is 0.205. The average molecular weight is 255 g/mol. The summed E-state index contributed by atoms with van der Waals surface area (Å²) in [6, 6.07) is 0.205. The van der Waals surface area contributed by atoms with Gasteiger partial charge in [-0.05, 0) is 12.8 Å². The Morgan fingerprint density at radius 2 is 2.06 bits per heavy atom. The zero-order valence-corrected chi connectivity index (χ0v) is 11.6. The number of aliphatic hydroxyl groups excluding tert-OH is 1. The molecule has 1 aliphatic carbocycles. The first-order chi connectivity index (χ1) is 8.09. The molecule has 0 aliphatic heterocycles. The summed E-state index contributed by atoms with van der Waals surface area (Å²) in [6.07, 6.45) is 4.07. The fraction of sp³-hybridized carbons (Fsp3) is 0.833. The Balaban J connectivity index is 2.09. The summed E-state index contributed by atoms with van der Waals surface area (Å²) < 4.78 is 4.36. The predicted molar refractivity (Wildman–Crippen MR) is 70.7 cm³/mol. The van der Waals surface area contributed by atoms with Gasteiger partial charge in [-0.2, -0.15) is 4.37 Å². The molecular weight excluding hydrogens is 234 g/mol. The molecule has 0 spiro atoms. The van der Waals surface area contributed by atoms with Gasteiger partial charge in [0.1, 0.15) is 5.82 Å². The lowest BCUT2D eigenvalue weighted by molar-refractivity contribution is 0.106. The standard InChI is InChI=1S/C12H21N3OS/c1-8(2)11-13-12(17-14-11)15(3)9-6-4-5-7-10(9)16/h8-10,16H,4-7H2,1-3H3. The first kappa shape index (κ1) is 12.8. The minimum atomic E-state index is -0.222. The topological polar surface area (TPSA) is 49.2 Å². The van der Waals surface area contributed by atoms with Crippen LogP contribution in [0, 0.1) is 0 Å². The van der Waals surface area contributed by atoms with Crippen molar-refractivity contribution in [2.75, 3.05) is 11.9 Å². The highest BCUT2D eigenvalue weighted by molar-refractivity contribution is 7.09. The highest BCUT2D eigenvalue weighted by Gasteiger charge is 2.28. The van der Waals surface area contributed by atoms with E-state index < -0.39 is 0 Å². The highest BCUT2D eigenvalue weighted by Crippen LogP contribution is 2.28. The summed E-state index contributed by atoms with van der Waals surface area (Å²) in [5, 5.41) is 11.0. The second-order valence-electron chi connectivity index (χ2n) is 5.12. The molecule has 2 atom stereocenters. The molecule has 0 amide bonds. The second-order valence-corrected chi connectivity index (χ2v) is 5.85. The molecule has 1 saturated carbocycles. The van der Waals surface area contributed by atoms with Crippen LogP contribution in [0.2, 0.25) is 0 Å². The Morgan fingerprint density at radius 1 is 1.35 bits per heavy atom. The molecule has 2 rings (SSSR count). The summed E-state index contributed by atoms with van der Waals surface area (Å²) >= 11 is 1.44. The molecular formula is C12H21N3OS. The largest absolute Gasteiger partial charge is 0.391 e. The van der Waals surface area contributed by atoms with Gasteiger partial charge in [0.05, 0.1) is 12.1 Å². The number of hydrogen-bond donors (Lipinski definition) is 1. The maximum Gasteiger partial charge on any atom is 0.205 e. The van der Waals surface area contributed by atoms with Gasteiger partial charge >= 0.3 is 0 Å². The van der Waals surface area contributed by atoms with Crippen LogP contribution in [0.15, 0.2) is 0 Å². The number of nitrogens with zero attached hydrogens (tertiary/aromatic N) is 3. The van der Waals surface area contributed by atoms with E-state index in [1.807, 2.05) is 7.05 Å². The van der Waals surface area contributed by atoms with E-state index in [1.165, 1.54) is 18.0 Å². The number of anilines is 1. The summed E-state index contributed by atoms with van der Waals surface area (Å²) in [5.74, 6) is 1.27. The van der Waals surface area contributed by atoms with E-state index in [2.05, 4.69) is 28.1 Å². The van der Waals surface area contributed by atoms with Crippen molar-refractivity contribution in [1.29, 1.82) is 0 Å². The van der Waals surface area contributed by atoms with E-state index in [4.69, 9.17) is 0 Å². The van der Waals surface area contributed by atoms with E-state index in [0.717, 1.165) is 30.2 Å². The molecule has 17 heavy (non-hydrogen) atoms.